The average molecular weight is 391 g/mol. The molecule has 2 amide bonds. The molecule has 0 unspecified atom stereocenters. The van der Waals surface area contributed by atoms with Crippen LogP contribution in [0.15, 0.2) is 53.0 Å². The van der Waals surface area contributed by atoms with E-state index in [2.05, 4.69) is 15.9 Å². The van der Waals surface area contributed by atoms with Crippen LogP contribution in [-0.4, -0.2) is 29.9 Å². The number of anilines is 1. The summed E-state index contributed by atoms with van der Waals surface area (Å²) in [6.07, 6.45) is 1.30. The summed E-state index contributed by atoms with van der Waals surface area (Å²) in [6, 6.07) is 12.7. The second-order valence-electron chi connectivity index (χ2n) is 5.62. The van der Waals surface area contributed by atoms with Gasteiger partial charge in [-0.25, -0.2) is 4.39 Å². The summed E-state index contributed by atoms with van der Waals surface area (Å²) >= 11 is 3.34. The maximum atomic E-state index is 13.2. The van der Waals surface area contributed by atoms with E-state index >= 15 is 0 Å². The van der Waals surface area contributed by atoms with E-state index in [1.54, 1.807) is 41.3 Å². The first-order valence-corrected chi connectivity index (χ1v) is 8.45. The summed E-state index contributed by atoms with van der Waals surface area (Å²) in [6.45, 7) is 0.795. The maximum Gasteiger partial charge on any atom is 0.259 e. The van der Waals surface area contributed by atoms with E-state index < -0.39 is 0 Å². The number of carbonyl (C=O) groups is 2. The molecule has 0 atom stereocenters. The first-order chi connectivity index (χ1) is 11.5. The summed E-state index contributed by atoms with van der Waals surface area (Å²) in [5.74, 6) is -0.563. The van der Waals surface area contributed by atoms with Crippen molar-refractivity contribution in [2.75, 3.05) is 18.1 Å². The van der Waals surface area contributed by atoms with Crippen molar-refractivity contribution in [3.05, 3.63) is 64.4 Å². The summed E-state index contributed by atoms with van der Waals surface area (Å²) in [5, 5.41) is 0. The Morgan fingerprint density at radius 2 is 1.79 bits per heavy atom. The molecule has 4 nitrogen and oxygen atoms in total. The van der Waals surface area contributed by atoms with Crippen LogP contribution in [0.5, 0.6) is 0 Å². The summed E-state index contributed by atoms with van der Waals surface area (Å²) in [5.41, 5.74) is 1.07. The van der Waals surface area contributed by atoms with E-state index in [0.29, 0.717) is 24.2 Å². The third kappa shape index (κ3) is 3.64. The summed E-state index contributed by atoms with van der Waals surface area (Å²) in [7, 11) is 0. The van der Waals surface area contributed by atoms with Crippen LogP contribution in [0.2, 0.25) is 0 Å². The molecule has 0 radical (unpaired) electrons. The molecule has 2 aromatic carbocycles. The van der Waals surface area contributed by atoms with E-state index in [4.69, 9.17) is 0 Å². The third-order valence-electron chi connectivity index (χ3n) is 3.96. The molecule has 0 N–H and O–H groups in total. The number of carbonyl (C=O) groups excluding carboxylic acids is 2. The Bertz CT molecular complexity index is 747. The Labute approximate surface area is 148 Å². The van der Waals surface area contributed by atoms with Crippen LogP contribution in [0.25, 0.3) is 0 Å². The molecule has 1 aliphatic heterocycles. The Morgan fingerprint density at radius 1 is 1.12 bits per heavy atom. The second-order valence-corrected chi connectivity index (χ2v) is 6.53. The number of likely N-dealkylation sites (tertiary alicyclic amines) is 1. The van der Waals surface area contributed by atoms with Gasteiger partial charge in [-0.3, -0.25) is 14.5 Å². The summed E-state index contributed by atoms with van der Waals surface area (Å²) in [4.78, 5) is 28.0. The van der Waals surface area contributed by atoms with E-state index in [1.165, 1.54) is 17.0 Å². The van der Waals surface area contributed by atoms with Gasteiger partial charge in [0.05, 0.1) is 0 Å². The third-order valence-corrected chi connectivity index (χ3v) is 4.49. The van der Waals surface area contributed by atoms with Gasteiger partial charge in [-0.1, -0.05) is 15.9 Å². The number of nitrogens with zero attached hydrogens (tertiary/aromatic N) is 2. The molecular formula is C18H16BrFN2O2. The van der Waals surface area contributed by atoms with Crippen LogP contribution in [-0.2, 0) is 4.79 Å². The fraction of sp³-hybridized carbons (Fsp3) is 0.222. The SMILES string of the molecule is O=C1CCCN1CN(C(=O)c1ccc(Br)cc1)c1ccc(F)cc1. The molecule has 124 valence electrons. The molecule has 0 bridgehead atoms. The number of amides is 2. The summed E-state index contributed by atoms with van der Waals surface area (Å²) < 4.78 is 14.1. The van der Waals surface area contributed by atoms with Gasteiger partial charge in [-0.15, -0.1) is 0 Å². The predicted molar refractivity (Wildman–Crippen MR) is 93.2 cm³/mol. The zero-order valence-corrected chi connectivity index (χ0v) is 14.5. The normalized spacial score (nSPS) is 14.1. The monoisotopic (exact) mass is 390 g/mol. The molecule has 1 aliphatic rings. The molecule has 0 saturated carbocycles. The second kappa shape index (κ2) is 7.13. The largest absolute Gasteiger partial charge is 0.324 e. The van der Waals surface area contributed by atoms with Gasteiger partial charge in [0.25, 0.3) is 5.91 Å². The molecular weight excluding hydrogens is 375 g/mol. The number of hydrogen-bond acceptors (Lipinski definition) is 2. The van der Waals surface area contributed by atoms with Gasteiger partial charge in [-0.2, -0.15) is 0 Å². The molecule has 0 aromatic heterocycles. The minimum Gasteiger partial charge on any atom is -0.324 e. The van der Waals surface area contributed by atoms with Crippen molar-refractivity contribution in [2.45, 2.75) is 12.8 Å². The number of rotatable bonds is 4. The van der Waals surface area contributed by atoms with Crippen molar-refractivity contribution in [1.29, 1.82) is 0 Å². The Balaban J connectivity index is 1.91. The van der Waals surface area contributed by atoms with Crippen molar-refractivity contribution < 1.29 is 14.0 Å². The fourth-order valence-electron chi connectivity index (χ4n) is 2.66. The van der Waals surface area contributed by atoms with Gasteiger partial charge in [-0.05, 0) is 55.0 Å². The molecule has 24 heavy (non-hydrogen) atoms. The van der Waals surface area contributed by atoms with Gasteiger partial charge < -0.3 is 4.90 Å². The number of halogens is 2. The van der Waals surface area contributed by atoms with Gasteiger partial charge >= 0.3 is 0 Å². The van der Waals surface area contributed by atoms with Gasteiger partial charge in [0.2, 0.25) is 5.91 Å². The van der Waals surface area contributed by atoms with Crippen LogP contribution in [0, 0.1) is 5.82 Å². The molecule has 0 spiro atoms. The first-order valence-electron chi connectivity index (χ1n) is 7.65. The minimum absolute atomic E-state index is 0.0331. The van der Waals surface area contributed by atoms with Crippen LogP contribution >= 0.6 is 15.9 Å². The van der Waals surface area contributed by atoms with Crippen molar-refractivity contribution in [2.24, 2.45) is 0 Å². The maximum absolute atomic E-state index is 13.2. The van der Waals surface area contributed by atoms with Crippen LogP contribution in [0.1, 0.15) is 23.2 Å². The van der Waals surface area contributed by atoms with Crippen LogP contribution in [0.3, 0.4) is 0 Å². The smallest absolute Gasteiger partial charge is 0.259 e. The fourth-order valence-corrected chi connectivity index (χ4v) is 2.92. The van der Waals surface area contributed by atoms with Crippen molar-refractivity contribution in [3.63, 3.8) is 0 Å². The van der Waals surface area contributed by atoms with E-state index in [1.807, 2.05) is 0 Å². The van der Waals surface area contributed by atoms with Gasteiger partial charge in [0, 0.05) is 28.7 Å². The first kappa shape index (κ1) is 16.6. The predicted octanol–water partition coefficient (Wildman–Crippen LogP) is 3.81. The Hall–Kier alpha value is -2.21. The van der Waals surface area contributed by atoms with Gasteiger partial charge in [0.15, 0.2) is 0 Å². The average Bonchev–Trinajstić information content (AvgIpc) is 2.99. The van der Waals surface area contributed by atoms with Crippen molar-refractivity contribution in [1.82, 2.24) is 4.90 Å². The zero-order valence-electron chi connectivity index (χ0n) is 12.9. The zero-order chi connectivity index (χ0) is 17.1. The highest BCUT2D eigenvalue weighted by molar-refractivity contribution is 9.10. The van der Waals surface area contributed by atoms with E-state index in [0.717, 1.165) is 10.9 Å². The Kier molecular flexibility index (Phi) is 4.94. The lowest BCUT2D eigenvalue weighted by Gasteiger charge is -2.28. The molecule has 3 rings (SSSR count). The molecule has 0 aliphatic carbocycles. The number of benzene rings is 2. The van der Waals surface area contributed by atoms with Crippen LogP contribution in [0.4, 0.5) is 10.1 Å². The molecule has 2 aromatic rings. The van der Waals surface area contributed by atoms with Crippen molar-refractivity contribution in [3.8, 4) is 0 Å². The standard InChI is InChI=1S/C18H16BrFN2O2/c19-14-5-3-13(4-6-14)18(24)22(12-21-11-1-2-17(21)23)16-9-7-15(20)8-10-16/h3-10H,1-2,11-12H2. The molecule has 1 heterocycles. The highest BCUT2D eigenvalue weighted by Crippen LogP contribution is 2.21. The lowest BCUT2D eigenvalue weighted by Crippen LogP contribution is -2.42. The highest BCUT2D eigenvalue weighted by atomic mass is 79.9. The lowest BCUT2D eigenvalue weighted by atomic mass is 10.2. The van der Waals surface area contributed by atoms with Gasteiger partial charge in [0.1, 0.15) is 12.5 Å². The topological polar surface area (TPSA) is 40.6 Å². The van der Waals surface area contributed by atoms with Crippen LogP contribution < -0.4 is 4.90 Å². The van der Waals surface area contributed by atoms with E-state index in [9.17, 15) is 14.0 Å². The lowest BCUT2D eigenvalue weighted by molar-refractivity contribution is -0.127. The number of hydrogen-bond donors (Lipinski definition) is 0. The molecule has 6 heteroatoms. The highest BCUT2D eigenvalue weighted by Gasteiger charge is 2.26. The van der Waals surface area contributed by atoms with Crippen molar-refractivity contribution >= 4 is 33.4 Å². The Morgan fingerprint density at radius 3 is 2.38 bits per heavy atom. The van der Waals surface area contributed by atoms with E-state index in [-0.39, 0.29) is 24.3 Å². The quantitative estimate of drug-likeness (QED) is 0.795. The molecule has 1 fully saturated rings. The molecule has 1 saturated heterocycles. The minimum atomic E-state index is -0.368.